The van der Waals surface area contributed by atoms with Crippen LogP contribution in [0.15, 0.2) is 42.6 Å². The Kier molecular flexibility index (Phi) is 3.07. The van der Waals surface area contributed by atoms with E-state index >= 15 is 0 Å². The van der Waals surface area contributed by atoms with Crippen LogP contribution in [-0.4, -0.2) is 12.8 Å². The van der Waals surface area contributed by atoms with E-state index in [4.69, 9.17) is 11.6 Å². The Hall–Kier alpha value is -1.28. The van der Waals surface area contributed by atoms with E-state index in [0.29, 0.717) is 0 Å². The van der Waals surface area contributed by atoms with Crippen LogP contribution in [-0.2, 0) is 6.42 Å². The maximum atomic E-state index is 5.82. The largest absolute Gasteiger partial charge is 0.262 e. The monoisotopic (exact) mass is 215 g/mol. The van der Waals surface area contributed by atoms with Gasteiger partial charge in [0.2, 0.25) is 0 Å². The molecule has 1 nitrogen and oxygen atoms in total. The molecule has 0 aliphatic rings. The van der Waals surface area contributed by atoms with Gasteiger partial charge in [-0.2, -0.15) is 0 Å². The van der Waals surface area contributed by atoms with Gasteiger partial charge in [-0.1, -0.05) is 35.3 Å². The average Bonchev–Trinajstić information content (AvgIpc) is 2.25. The molecule has 3 heteroatoms. The first-order chi connectivity index (χ1) is 7.24. The lowest BCUT2D eigenvalue weighted by Gasteiger charge is -2.01. The minimum Gasteiger partial charge on any atom is -0.262 e. The first-order valence-electron chi connectivity index (χ1n) is 4.90. The van der Waals surface area contributed by atoms with Crippen LogP contribution < -0.4 is 5.46 Å². The van der Waals surface area contributed by atoms with Crippen molar-refractivity contribution >= 4 is 24.9 Å². The van der Waals surface area contributed by atoms with Crippen LogP contribution in [0.2, 0.25) is 5.02 Å². The zero-order chi connectivity index (χ0) is 10.7. The molecule has 0 amide bonds. The van der Waals surface area contributed by atoms with Crippen LogP contribution in [0, 0.1) is 0 Å². The Balaban J connectivity index is 2.15. The zero-order valence-corrected chi connectivity index (χ0v) is 9.33. The maximum absolute atomic E-state index is 5.82. The van der Waals surface area contributed by atoms with Gasteiger partial charge in [0.05, 0.1) is 0 Å². The highest BCUT2D eigenvalue weighted by atomic mass is 35.5. The third kappa shape index (κ3) is 2.83. The Morgan fingerprint density at radius 2 is 1.80 bits per heavy atom. The lowest BCUT2D eigenvalue weighted by Crippen LogP contribution is -2.04. The summed E-state index contributed by atoms with van der Waals surface area (Å²) in [6.45, 7) is 0. The van der Waals surface area contributed by atoms with Crippen LogP contribution in [0.4, 0.5) is 0 Å². The van der Waals surface area contributed by atoms with Crippen molar-refractivity contribution in [2.45, 2.75) is 6.42 Å². The van der Waals surface area contributed by atoms with E-state index in [1.807, 2.05) is 38.3 Å². The molecule has 0 saturated heterocycles. The topological polar surface area (TPSA) is 12.9 Å². The quantitative estimate of drug-likeness (QED) is 0.693. The molecular weight excluding hydrogens is 204 g/mol. The molecule has 0 saturated carbocycles. The fourth-order valence-corrected chi connectivity index (χ4v) is 1.54. The number of nitrogens with zero attached hydrogens (tertiary/aromatic N) is 1. The van der Waals surface area contributed by atoms with Gasteiger partial charge in [-0.25, -0.2) is 0 Å². The Bertz CT molecular complexity index is 393. The molecule has 15 heavy (non-hydrogen) atoms. The molecule has 0 aliphatic heterocycles. The van der Waals surface area contributed by atoms with Gasteiger partial charge in [0.1, 0.15) is 7.85 Å². The predicted molar refractivity (Wildman–Crippen MR) is 66.7 cm³/mol. The highest BCUT2D eigenvalue weighted by molar-refractivity contribution is 6.32. The van der Waals surface area contributed by atoms with Gasteiger partial charge in [0.15, 0.2) is 0 Å². The van der Waals surface area contributed by atoms with Crippen molar-refractivity contribution in [3.8, 4) is 0 Å². The summed E-state index contributed by atoms with van der Waals surface area (Å²) in [6.07, 6.45) is 2.75. The molecule has 0 N–H and O–H groups in total. The van der Waals surface area contributed by atoms with Gasteiger partial charge < -0.3 is 0 Å². The number of halogens is 1. The second-order valence-corrected chi connectivity index (χ2v) is 4.07. The molecule has 2 rings (SSSR count). The summed E-state index contributed by atoms with van der Waals surface area (Å²) < 4.78 is 0. The maximum Gasteiger partial charge on any atom is 0.141 e. The van der Waals surface area contributed by atoms with E-state index < -0.39 is 0 Å². The van der Waals surface area contributed by atoms with Crippen LogP contribution in [0.1, 0.15) is 11.3 Å². The fourth-order valence-electron chi connectivity index (χ4n) is 1.41. The summed E-state index contributed by atoms with van der Waals surface area (Å²) >= 11 is 5.82. The van der Waals surface area contributed by atoms with Gasteiger partial charge in [-0.15, -0.1) is 0 Å². The Morgan fingerprint density at radius 1 is 1.07 bits per heavy atom. The summed E-state index contributed by atoms with van der Waals surface area (Å²) in [5.41, 5.74) is 3.51. The third-order valence-corrected chi connectivity index (χ3v) is 2.52. The molecule has 1 aromatic heterocycles. The average molecular weight is 215 g/mol. The Labute approximate surface area is 95.5 Å². The number of hydrogen-bond acceptors (Lipinski definition) is 1. The van der Waals surface area contributed by atoms with Crippen LogP contribution in [0.5, 0.6) is 0 Å². The van der Waals surface area contributed by atoms with E-state index in [-0.39, 0.29) is 0 Å². The van der Waals surface area contributed by atoms with E-state index in [0.717, 1.165) is 17.1 Å². The SMILES string of the molecule is Bc1ccc(Cc2ccc(Cl)cc2)nc1. The van der Waals surface area contributed by atoms with Crippen molar-refractivity contribution in [3.63, 3.8) is 0 Å². The standard InChI is InChI=1S/C12H11BClN/c13-10-3-6-12(15-8-10)7-9-1-4-11(14)5-2-9/h1-6,8H,7,13H2. The smallest absolute Gasteiger partial charge is 0.141 e. The van der Waals surface area contributed by atoms with Crippen molar-refractivity contribution in [1.82, 2.24) is 4.98 Å². The zero-order valence-electron chi connectivity index (χ0n) is 8.57. The summed E-state index contributed by atoms with van der Waals surface area (Å²) in [5.74, 6) is 0. The molecule has 1 aromatic carbocycles. The lowest BCUT2D eigenvalue weighted by molar-refractivity contribution is 1.08. The molecule has 0 bridgehead atoms. The van der Waals surface area contributed by atoms with Gasteiger partial charge in [-0.05, 0) is 23.8 Å². The highest BCUT2D eigenvalue weighted by Gasteiger charge is 1.97. The molecule has 0 unspecified atom stereocenters. The number of hydrogen-bond donors (Lipinski definition) is 0. The first kappa shape index (κ1) is 10.2. The molecule has 0 spiro atoms. The summed E-state index contributed by atoms with van der Waals surface area (Å²) in [5, 5.41) is 0.774. The van der Waals surface area contributed by atoms with Gasteiger partial charge >= 0.3 is 0 Å². The minimum atomic E-state index is 0.774. The molecule has 0 atom stereocenters. The Morgan fingerprint density at radius 3 is 2.40 bits per heavy atom. The fraction of sp³-hybridized carbons (Fsp3) is 0.0833. The summed E-state index contributed by atoms with van der Waals surface area (Å²) in [6, 6.07) is 12.0. The normalized spacial score (nSPS) is 10.2. The number of benzene rings is 1. The van der Waals surface area contributed by atoms with Crippen molar-refractivity contribution in [3.05, 3.63) is 58.9 Å². The number of rotatable bonds is 2. The summed E-state index contributed by atoms with van der Waals surface area (Å²) in [7, 11) is 2.04. The molecule has 2 aromatic rings. The minimum absolute atomic E-state index is 0.774. The van der Waals surface area contributed by atoms with E-state index in [1.165, 1.54) is 11.0 Å². The van der Waals surface area contributed by atoms with Crippen molar-refractivity contribution < 1.29 is 0 Å². The molecule has 1 heterocycles. The highest BCUT2D eigenvalue weighted by Crippen LogP contribution is 2.11. The van der Waals surface area contributed by atoms with Crippen LogP contribution >= 0.6 is 11.6 Å². The first-order valence-corrected chi connectivity index (χ1v) is 5.28. The second-order valence-electron chi connectivity index (χ2n) is 3.63. The molecule has 74 valence electrons. The number of pyridine rings is 1. The van der Waals surface area contributed by atoms with Gasteiger partial charge in [0.25, 0.3) is 0 Å². The van der Waals surface area contributed by atoms with Crippen molar-refractivity contribution in [2.75, 3.05) is 0 Å². The lowest BCUT2D eigenvalue weighted by atomic mass is 9.98. The molecular formula is C12H11BClN. The molecule has 0 radical (unpaired) electrons. The second kappa shape index (κ2) is 4.50. The van der Waals surface area contributed by atoms with Gasteiger partial charge in [-0.3, -0.25) is 4.98 Å². The van der Waals surface area contributed by atoms with E-state index in [2.05, 4.69) is 17.1 Å². The molecule has 0 fully saturated rings. The van der Waals surface area contributed by atoms with Crippen LogP contribution in [0.25, 0.3) is 0 Å². The van der Waals surface area contributed by atoms with Crippen molar-refractivity contribution in [1.29, 1.82) is 0 Å². The number of aromatic nitrogens is 1. The van der Waals surface area contributed by atoms with Gasteiger partial charge in [0, 0.05) is 23.3 Å². The van der Waals surface area contributed by atoms with E-state index in [1.54, 1.807) is 0 Å². The summed E-state index contributed by atoms with van der Waals surface area (Å²) in [4.78, 5) is 4.36. The molecule has 0 aliphatic carbocycles. The predicted octanol–water partition coefficient (Wildman–Crippen LogP) is 1.58. The van der Waals surface area contributed by atoms with Crippen molar-refractivity contribution in [2.24, 2.45) is 0 Å². The van der Waals surface area contributed by atoms with E-state index in [9.17, 15) is 0 Å². The third-order valence-electron chi connectivity index (χ3n) is 2.27. The van der Waals surface area contributed by atoms with Crippen LogP contribution in [0.3, 0.4) is 0 Å².